The van der Waals surface area contributed by atoms with Crippen LogP contribution in [0.2, 0.25) is 0 Å². The van der Waals surface area contributed by atoms with Gasteiger partial charge in [-0.2, -0.15) is 0 Å². The maximum absolute atomic E-state index is 13.4. The molecule has 5 heteroatoms. The van der Waals surface area contributed by atoms with E-state index in [1.807, 2.05) is 11.0 Å². The zero-order valence-corrected chi connectivity index (χ0v) is 13.7. The molecule has 2 heterocycles. The van der Waals surface area contributed by atoms with Crippen LogP contribution < -0.4 is 0 Å². The zero-order valence-electron chi connectivity index (χ0n) is 13.7. The predicted octanol–water partition coefficient (Wildman–Crippen LogP) is 2.46. The number of nitrogens with zero attached hydrogens (tertiary/aromatic N) is 2. The Morgan fingerprint density at radius 3 is 2.83 bits per heavy atom. The van der Waals surface area contributed by atoms with Gasteiger partial charge in [-0.15, -0.1) is 0 Å². The molecule has 1 aromatic carbocycles. The molecule has 0 radical (unpaired) electrons. The van der Waals surface area contributed by atoms with Crippen molar-refractivity contribution >= 4 is 5.91 Å². The van der Waals surface area contributed by atoms with Gasteiger partial charge in [0.05, 0.1) is 19.3 Å². The molecule has 0 bridgehead atoms. The number of ether oxygens (including phenoxy) is 1. The summed E-state index contributed by atoms with van der Waals surface area (Å²) in [4.78, 5) is 16.6. The van der Waals surface area contributed by atoms with E-state index in [4.69, 9.17) is 4.74 Å². The molecule has 0 N–H and O–H groups in total. The van der Waals surface area contributed by atoms with E-state index < -0.39 is 0 Å². The Morgan fingerprint density at radius 1 is 1.30 bits per heavy atom. The number of benzene rings is 1. The summed E-state index contributed by atoms with van der Waals surface area (Å²) in [6, 6.07) is 6.53. The third-order valence-electron chi connectivity index (χ3n) is 4.87. The quantitative estimate of drug-likeness (QED) is 0.858. The second kappa shape index (κ2) is 7.41. The van der Waals surface area contributed by atoms with Crippen LogP contribution in [0.25, 0.3) is 0 Å². The standard InChI is InChI=1S/C18H25FN2O2/c1-14-5-7-21(8-6-14)18(22)13-20-9-10-23-17(12-20)15-3-2-4-16(19)11-15/h2-4,11,14,17H,5-10,12-13H2,1H3. The lowest BCUT2D eigenvalue weighted by atomic mass is 9.99. The van der Waals surface area contributed by atoms with Crippen molar-refractivity contribution in [1.29, 1.82) is 0 Å². The van der Waals surface area contributed by atoms with Crippen LogP contribution in [-0.4, -0.2) is 55.0 Å². The molecule has 23 heavy (non-hydrogen) atoms. The molecule has 126 valence electrons. The van der Waals surface area contributed by atoms with Gasteiger partial charge in [-0.05, 0) is 36.5 Å². The van der Waals surface area contributed by atoms with Crippen LogP contribution in [-0.2, 0) is 9.53 Å². The van der Waals surface area contributed by atoms with Gasteiger partial charge in [-0.25, -0.2) is 4.39 Å². The Hall–Kier alpha value is -1.46. The van der Waals surface area contributed by atoms with E-state index in [-0.39, 0.29) is 17.8 Å². The summed E-state index contributed by atoms with van der Waals surface area (Å²) in [6.07, 6.45) is 2.04. The predicted molar refractivity (Wildman–Crippen MR) is 86.5 cm³/mol. The molecule has 0 aromatic heterocycles. The lowest BCUT2D eigenvalue weighted by molar-refractivity contribution is -0.135. The Labute approximate surface area is 137 Å². The minimum atomic E-state index is -0.248. The number of hydrogen-bond acceptors (Lipinski definition) is 3. The first-order valence-corrected chi connectivity index (χ1v) is 8.49. The van der Waals surface area contributed by atoms with Crippen LogP contribution in [0, 0.1) is 11.7 Å². The monoisotopic (exact) mass is 320 g/mol. The SMILES string of the molecule is CC1CCN(C(=O)CN2CCOC(c3cccc(F)c3)C2)CC1. The molecule has 2 saturated heterocycles. The highest BCUT2D eigenvalue weighted by Crippen LogP contribution is 2.23. The van der Waals surface area contributed by atoms with E-state index in [9.17, 15) is 9.18 Å². The lowest BCUT2D eigenvalue weighted by Gasteiger charge is -2.35. The number of rotatable bonds is 3. The summed E-state index contributed by atoms with van der Waals surface area (Å²) in [5, 5.41) is 0. The smallest absolute Gasteiger partial charge is 0.236 e. The first kappa shape index (κ1) is 16.4. The van der Waals surface area contributed by atoms with Crippen LogP contribution in [0.3, 0.4) is 0 Å². The summed E-state index contributed by atoms with van der Waals surface area (Å²) in [5.74, 6) is 0.679. The fourth-order valence-corrected chi connectivity index (χ4v) is 3.30. The maximum atomic E-state index is 13.4. The number of likely N-dealkylation sites (tertiary alicyclic amines) is 1. The minimum Gasteiger partial charge on any atom is -0.371 e. The van der Waals surface area contributed by atoms with Crippen molar-refractivity contribution < 1.29 is 13.9 Å². The number of amides is 1. The Morgan fingerprint density at radius 2 is 2.09 bits per heavy atom. The van der Waals surface area contributed by atoms with Gasteiger partial charge in [0.25, 0.3) is 0 Å². The molecule has 3 rings (SSSR count). The van der Waals surface area contributed by atoms with E-state index in [0.717, 1.165) is 44.0 Å². The largest absolute Gasteiger partial charge is 0.371 e. The average Bonchev–Trinajstić information content (AvgIpc) is 2.56. The molecule has 1 unspecified atom stereocenters. The fourth-order valence-electron chi connectivity index (χ4n) is 3.30. The second-order valence-corrected chi connectivity index (χ2v) is 6.71. The third-order valence-corrected chi connectivity index (χ3v) is 4.87. The number of morpholine rings is 1. The number of carbonyl (C=O) groups excluding carboxylic acids is 1. The van der Waals surface area contributed by atoms with Crippen molar-refractivity contribution in [3.05, 3.63) is 35.6 Å². The number of carbonyl (C=O) groups is 1. The van der Waals surface area contributed by atoms with E-state index in [1.54, 1.807) is 6.07 Å². The molecule has 2 fully saturated rings. The van der Waals surface area contributed by atoms with Crippen molar-refractivity contribution in [2.45, 2.75) is 25.9 Å². The summed E-state index contributed by atoms with van der Waals surface area (Å²) in [7, 11) is 0. The van der Waals surface area contributed by atoms with E-state index >= 15 is 0 Å². The molecule has 1 atom stereocenters. The first-order chi connectivity index (χ1) is 11.1. The van der Waals surface area contributed by atoms with Crippen LogP contribution in [0.5, 0.6) is 0 Å². The van der Waals surface area contributed by atoms with Gasteiger partial charge in [0.1, 0.15) is 5.82 Å². The van der Waals surface area contributed by atoms with Crippen molar-refractivity contribution in [3.8, 4) is 0 Å². The summed E-state index contributed by atoms with van der Waals surface area (Å²) >= 11 is 0. The molecule has 2 aliphatic rings. The van der Waals surface area contributed by atoms with Crippen molar-refractivity contribution in [2.24, 2.45) is 5.92 Å². The molecule has 1 aromatic rings. The normalized spacial score (nSPS) is 23.9. The van der Waals surface area contributed by atoms with Gasteiger partial charge >= 0.3 is 0 Å². The van der Waals surface area contributed by atoms with Gasteiger partial charge in [0.15, 0.2) is 0 Å². The minimum absolute atomic E-state index is 0.159. The third kappa shape index (κ3) is 4.30. The fraction of sp³-hybridized carbons (Fsp3) is 0.611. The molecule has 1 amide bonds. The van der Waals surface area contributed by atoms with E-state index in [1.165, 1.54) is 12.1 Å². The zero-order chi connectivity index (χ0) is 16.2. The van der Waals surface area contributed by atoms with Gasteiger partial charge < -0.3 is 9.64 Å². The Bertz CT molecular complexity index is 544. The van der Waals surface area contributed by atoms with Gasteiger partial charge in [0, 0.05) is 26.2 Å². The number of hydrogen-bond donors (Lipinski definition) is 0. The maximum Gasteiger partial charge on any atom is 0.236 e. The number of halogens is 1. The summed E-state index contributed by atoms with van der Waals surface area (Å²) in [5.41, 5.74) is 0.842. The van der Waals surface area contributed by atoms with Gasteiger partial charge in [-0.1, -0.05) is 19.1 Å². The number of piperidine rings is 1. The van der Waals surface area contributed by atoms with Gasteiger partial charge in [-0.3, -0.25) is 9.69 Å². The summed E-state index contributed by atoms with van der Waals surface area (Å²) in [6.45, 7) is 6.39. The average molecular weight is 320 g/mol. The van der Waals surface area contributed by atoms with E-state index in [0.29, 0.717) is 19.7 Å². The highest BCUT2D eigenvalue weighted by Gasteiger charge is 2.26. The van der Waals surface area contributed by atoms with Crippen LogP contribution in [0.1, 0.15) is 31.4 Å². The molecule has 0 saturated carbocycles. The van der Waals surface area contributed by atoms with Gasteiger partial charge in [0.2, 0.25) is 5.91 Å². The van der Waals surface area contributed by atoms with Crippen molar-refractivity contribution in [1.82, 2.24) is 9.80 Å². The van der Waals surface area contributed by atoms with Crippen LogP contribution >= 0.6 is 0 Å². The van der Waals surface area contributed by atoms with Crippen LogP contribution in [0.4, 0.5) is 4.39 Å². The Kier molecular flexibility index (Phi) is 5.28. The molecular formula is C18H25FN2O2. The lowest BCUT2D eigenvalue weighted by Crippen LogP contribution is -2.47. The molecule has 0 spiro atoms. The first-order valence-electron chi connectivity index (χ1n) is 8.49. The van der Waals surface area contributed by atoms with Crippen LogP contribution in [0.15, 0.2) is 24.3 Å². The highest BCUT2D eigenvalue weighted by atomic mass is 19.1. The highest BCUT2D eigenvalue weighted by molar-refractivity contribution is 5.78. The molecular weight excluding hydrogens is 295 g/mol. The topological polar surface area (TPSA) is 32.8 Å². The second-order valence-electron chi connectivity index (χ2n) is 6.71. The molecule has 0 aliphatic carbocycles. The van der Waals surface area contributed by atoms with E-state index in [2.05, 4.69) is 11.8 Å². The molecule has 4 nitrogen and oxygen atoms in total. The van der Waals surface area contributed by atoms with Crippen molar-refractivity contribution in [2.75, 3.05) is 39.3 Å². The Balaban J connectivity index is 1.55. The molecule has 2 aliphatic heterocycles. The summed E-state index contributed by atoms with van der Waals surface area (Å²) < 4.78 is 19.1. The van der Waals surface area contributed by atoms with Crippen molar-refractivity contribution in [3.63, 3.8) is 0 Å².